The number of ether oxygens (including phenoxy) is 1. The van der Waals surface area contributed by atoms with E-state index in [9.17, 15) is 4.79 Å². The average Bonchev–Trinajstić information content (AvgIpc) is 2.67. The minimum Gasteiger partial charge on any atom is -0.478 e. The van der Waals surface area contributed by atoms with E-state index in [0.29, 0.717) is 23.4 Å². The molecule has 1 heterocycles. The standard InChI is InChI=1S/C21H21N3O2/c1-3-13-26-20-14-17(15-22-24(20)18-10-5-4-6-11-18)23-21(25)19-12-8-7-9-16(19)2/h4-12,14-15H,3,13H2,1-2H3. The summed E-state index contributed by atoms with van der Waals surface area (Å²) in [5.74, 6) is 0.265. The van der Waals surface area contributed by atoms with Gasteiger partial charge in [-0.1, -0.05) is 43.3 Å². The van der Waals surface area contributed by atoms with Crippen LogP contribution in [0.1, 0.15) is 29.3 Å². The first-order valence-corrected chi connectivity index (χ1v) is 8.61. The minimum absolute atomic E-state index is 0.288. The summed E-state index contributed by atoms with van der Waals surface area (Å²) in [5.41, 5.74) is 2.37. The molecule has 26 heavy (non-hydrogen) atoms. The van der Waals surface area contributed by atoms with Crippen LogP contribution in [0.3, 0.4) is 0 Å². The number of aryl methyl sites for hydroxylation is 1. The van der Waals surface area contributed by atoms with Crippen molar-refractivity contribution in [3.63, 3.8) is 0 Å². The van der Waals surface area contributed by atoms with Crippen LogP contribution in [0, 0.1) is 6.92 Å². The van der Waals surface area contributed by atoms with Crippen molar-refractivity contribution >= 4 is 5.91 Å². The van der Waals surface area contributed by atoms with Gasteiger partial charge in [-0.15, -0.1) is 0 Å². The number of carbonyl (C=O) groups excluding carboxylic acids is 1. The molecule has 0 bridgehead atoms. The molecule has 0 saturated heterocycles. The lowest BCUT2D eigenvalue weighted by Crippen LogP contribution is -2.16. The first kappa shape index (κ1) is 17.6. The van der Waals surface area contributed by atoms with Crippen LogP contribution in [0.2, 0.25) is 0 Å². The van der Waals surface area contributed by atoms with E-state index in [-0.39, 0.29) is 5.91 Å². The highest BCUT2D eigenvalue weighted by Gasteiger charge is 2.08. The summed E-state index contributed by atoms with van der Waals surface area (Å²) in [6.45, 7) is 4.49. The predicted octanol–water partition coefficient (Wildman–Crippen LogP) is 3.71. The van der Waals surface area contributed by atoms with E-state index in [1.165, 1.54) is 0 Å². The largest absolute Gasteiger partial charge is 0.478 e. The molecule has 3 rings (SSSR count). The van der Waals surface area contributed by atoms with Crippen LogP contribution in [0.5, 0.6) is 5.88 Å². The molecule has 1 amide bonds. The molecule has 5 heteroatoms. The third kappa shape index (κ3) is 4.06. The highest BCUT2D eigenvalue weighted by molar-refractivity contribution is 5.96. The SMILES string of the molecule is CCCOc1cc(=NC(=O)c2ccccc2C)cnn1-c1ccccc1. The second kappa shape index (κ2) is 8.25. The summed E-state index contributed by atoms with van der Waals surface area (Å²) in [4.78, 5) is 16.7. The van der Waals surface area contributed by atoms with Crippen LogP contribution >= 0.6 is 0 Å². The molecule has 0 atom stereocenters. The van der Waals surface area contributed by atoms with Gasteiger partial charge in [-0.2, -0.15) is 5.10 Å². The Morgan fingerprint density at radius 3 is 2.58 bits per heavy atom. The Kier molecular flexibility index (Phi) is 5.59. The van der Waals surface area contributed by atoms with Crippen LogP contribution in [0.25, 0.3) is 5.69 Å². The molecule has 1 aromatic heterocycles. The van der Waals surface area contributed by atoms with Gasteiger partial charge in [0.1, 0.15) is 0 Å². The second-order valence-electron chi connectivity index (χ2n) is 5.88. The van der Waals surface area contributed by atoms with Crippen molar-refractivity contribution in [1.29, 1.82) is 0 Å². The quantitative estimate of drug-likeness (QED) is 0.707. The van der Waals surface area contributed by atoms with Gasteiger partial charge in [0.15, 0.2) is 0 Å². The van der Waals surface area contributed by atoms with Gasteiger partial charge in [0, 0.05) is 11.6 Å². The number of aromatic nitrogens is 2. The topological polar surface area (TPSA) is 56.5 Å². The Bertz CT molecular complexity index is 962. The normalized spacial score (nSPS) is 11.4. The van der Waals surface area contributed by atoms with E-state index in [1.807, 2.05) is 62.4 Å². The lowest BCUT2D eigenvalue weighted by molar-refractivity contribution is 0.0998. The maximum absolute atomic E-state index is 12.5. The fourth-order valence-corrected chi connectivity index (χ4v) is 2.52. The summed E-state index contributed by atoms with van der Waals surface area (Å²) in [6, 6.07) is 18.9. The zero-order chi connectivity index (χ0) is 18.4. The fourth-order valence-electron chi connectivity index (χ4n) is 2.52. The number of carbonyl (C=O) groups is 1. The number of hydrogen-bond donors (Lipinski definition) is 0. The van der Waals surface area contributed by atoms with Gasteiger partial charge < -0.3 is 4.74 Å². The van der Waals surface area contributed by atoms with Crippen LogP contribution in [0.15, 0.2) is 71.9 Å². The summed E-state index contributed by atoms with van der Waals surface area (Å²) in [6.07, 6.45) is 2.44. The van der Waals surface area contributed by atoms with Gasteiger partial charge in [-0.3, -0.25) is 4.79 Å². The zero-order valence-corrected chi connectivity index (χ0v) is 14.9. The van der Waals surface area contributed by atoms with Crippen molar-refractivity contribution in [3.8, 4) is 11.6 Å². The monoisotopic (exact) mass is 347 g/mol. The third-order valence-corrected chi connectivity index (χ3v) is 3.85. The molecule has 5 nitrogen and oxygen atoms in total. The van der Waals surface area contributed by atoms with Gasteiger partial charge in [0.05, 0.1) is 23.8 Å². The number of rotatable bonds is 5. The van der Waals surface area contributed by atoms with Crippen LogP contribution in [0.4, 0.5) is 0 Å². The number of nitrogens with zero attached hydrogens (tertiary/aromatic N) is 3. The summed E-state index contributed by atoms with van der Waals surface area (Å²) < 4.78 is 7.52. The van der Waals surface area contributed by atoms with E-state index >= 15 is 0 Å². The second-order valence-corrected chi connectivity index (χ2v) is 5.88. The van der Waals surface area contributed by atoms with Crippen LogP contribution in [-0.4, -0.2) is 22.3 Å². The molecule has 0 N–H and O–H groups in total. The van der Waals surface area contributed by atoms with Gasteiger partial charge in [-0.25, -0.2) is 9.67 Å². The first-order valence-electron chi connectivity index (χ1n) is 8.61. The number of para-hydroxylation sites is 1. The van der Waals surface area contributed by atoms with Crippen molar-refractivity contribution in [2.24, 2.45) is 4.99 Å². The van der Waals surface area contributed by atoms with E-state index in [1.54, 1.807) is 23.0 Å². The Balaban J connectivity index is 2.01. The van der Waals surface area contributed by atoms with E-state index in [4.69, 9.17) is 4.74 Å². The molecule has 0 fully saturated rings. The fraction of sp³-hybridized carbons (Fsp3) is 0.190. The molecule has 0 aliphatic rings. The molecule has 0 unspecified atom stereocenters. The lowest BCUT2D eigenvalue weighted by Gasteiger charge is -2.12. The lowest BCUT2D eigenvalue weighted by atomic mass is 10.1. The van der Waals surface area contributed by atoms with Crippen molar-refractivity contribution in [2.75, 3.05) is 6.61 Å². The van der Waals surface area contributed by atoms with Gasteiger partial charge in [-0.05, 0) is 37.1 Å². The minimum atomic E-state index is -0.288. The van der Waals surface area contributed by atoms with Crippen LogP contribution < -0.4 is 10.1 Å². The van der Waals surface area contributed by atoms with Crippen LogP contribution in [-0.2, 0) is 0 Å². The Morgan fingerprint density at radius 2 is 1.85 bits per heavy atom. The molecule has 0 aliphatic carbocycles. The summed E-state index contributed by atoms with van der Waals surface area (Å²) in [5, 5.41) is 4.89. The van der Waals surface area contributed by atoms with E-state index < -0.39 is 0 Å². The van der Waals surface area contributed by atoms with Gasteiger partial charge >= 0.3 is 0 Å². The molecule has 0 radical (unpaired) electrons. The maximum atomic E-state index is 12.5. The maximum Gasteiger partial charge on any atom is 0.277 e. The zero-order valence-electron chi connectivity index (χ0n) is 14.9. The van der Waals surface area contributed by atoms with Crippen molar-refractivity contribution in [1.82, 2.24) is 9.78 Å². The molecule has 0 saturated carbocycles. The molecule has 3 aromatic rings. The number of amides is 1. The van der Waals surface area contributed by atoms with E-state index in [0.717, 1.165) is 17.7 Å². The molecular formula is C21H21N3O2. The smallest absolute Gasteiger partial charge is 0.277 e. The van der Waals surface area contributed by atoms with E-state index in [2.05, 4.69) is 10.1 Å². The number of benzene rings is 2. The Hall–Kier alpha value is -3.21. The Labute approximate surface area is 152 Å². The van der Waals surface area contributed by atoms with Gasteiger partial charge in [0.2, 0.25) is 5.88 Å². The molecule has 0 spiro atoms. The molecule has 2 aromatic carbocycles. The highest BCUT2D eigenvalue weighted by atomic mass is 16.5. The van der Waals surface area contributed by atoms with Crippen molar-refractivity contribution in [3.05, 3.63) is 83.3 Å². The Morgan fingerprint density at radius 1 is 1.12 bits per heavy atom. The van der Waals surface area contributed by atoms with Crippen molar-refractivity contribution in [2.45, 2.75) is 20.3 Å². The predicted molar refractivity (Wildman–Crippen MR) is 100 cm³/mol. The van der Waals surface area contributed by atoms with Gasteiger partial charge in [0.25, 0.3) is 5.91 Å². The molecule has 0 aliphatic heterocycles. The summed E-state index contributed by atoms with van der Waals surface area (Å²) in [7, 11) is 0. The molecular weight excluding hydrogens is 326 g/mol. The third-order valence-electron chi connectivity index (χ3n) is 3.85. The number of hydrogen-bond acceptors (Lipinski definition) is 3. The van der Waals surface area contributed by atoms with Crippen molar-refractivity contribution < 1.29 is 9.53 Å². The highest BCUT2D eigenvalue weighted by Crippen LogP contribution is 2.14. The first-order chi connectivity index (χ1) is 12.7. The average molecular weight is 347 g/mol. The molecule has 132 valence electrons. The summed E-state index contributed by atoms with van der Waals surface area (Å²) >= 11 is 0.